The fourth-order valence-electron chi connectivity index (χ4n) is 3.45. The van der Waals surface area contributed by atoms with Crippen LogP contribution in [-0.4, -0.2) is 52.0 Å². The Labute approximate surface area is 185 Å². The second-order valence-corrected chi connectivity index (χ2v) is 7.03. The first kappa shape index (κ1) is 25.4. The van der Waals surface area contributed by atoms with E-state index in [-0.39, 0.29) is 30.7 Å². The number of piperidine rings is 1. The number of carbonyl (C=O) groups is 1. The second-order valence-electron chi connectivity index (χ2n) is 7.03. The van der Waals surface area contributed by atoms with Gasteiger partial charge in [-0.1, -0.05) is 43.3 Å². The molecule has 0 aliphatic carbocycles. The van der Waals surface area contributed by atoms with Crippen LogP contribution in [0.3, 0.4) is 0 Å². The van der Waals surface area contributed by atoms with Crippen molar-refractivity contribution in [3.8, 4) is 0 Å². The monoisotopic (exact) mass is 442 g/mol. The maximum atomic E-state index is 12.4. The number of halogens is 2. The van der Waals surface area contributed by atoms with Crippen molar-refractivity contribution in [2.75, 3.05) is 26.2 Å². The van der Waals surface area contributed by atoms with Gasteiger partial charge in [-0.2, -0.15) is 0 Å². The predicted octanol–water partition coefficient (Wildman–Crippen LogP) is 2.82. The molecule has 1 aromatic heterocycles. The van der Waals surface area contributed by atoms with Gasteiger partial charge in [-0.15, -0.1) is 29.9 Å². The minimum absolute atomic E-state index is 0. The third-order valence-electron chi connectivity index (χ3n) is 5.17. The predicted molar refractivity (Wildman–Crippen MR) is 120 cm³/mol. The van der Waals surface area contributed by atoms with Crippen LogP contribution in [0.4, 0.5) is 0 Å². The van der Waals surface area contributed by atoms with Crippen LogP contribution in [0.25, 0.3) is 0 Å². The summed E-state index contributed by atoms with van der Waals surface area (Å²) in [6, 6.07) is 8.71. The van der Waals surface area contributed by atoms with Crippen molar-refractivity contribution in [1.29, 1.82) is 0 Å². The molecule has 1 aliphatic rings. The van der Waals surface area contributed by atoms with Crippen LogP contribution in [-0.2, 0) is 13.1 Å². The smallest absolute Gasteiger partial charge is 0.273 e. The van der Waals surface area contributed by atoms with E-state index >= 15 is 0 Å². The molecule has 0 bridgehead atoms. The minimum atomic E-state index is -0.177. The Balaban J connectivity index is 0.00000210. The molecule has 0 atom stereocenters. The van der Waals surface area contributed by atoms with Gasteiger partial charge in [-0.3, -0.25) is 9.69 Å². The van der Waals surface area contributed by atoms with Gasteiger partial charge in [-0.05, 0) is 50.1 Å². The molecule has 162 valence electrons. The number of amides is 1. The summed E-state index contributed by atoms with van der Waals surface area (Å²) in [5.74, 6) is -0.177. The van der Waals surface area contributed by atoms with Crippen molar-refractivity contribution >= 4 is 30.7 Å². The summed E-state index contributed by atoms with van der Waals surface area (Å²) in [7, 11) is 0. The lowest BCUT2D eigenvalue weighted by molar-refractivity contribution is 0.0945. The Morgan fingerprint density at radius 2 is 1.90 bits per heavy atom. The lowest BCUT2D eigenvalue weighted by Gasteiger charge is -2.22. The van der Waals surface area contributed by atoms with E-state index in [1.165, 1.54) is 5.56 Å². The molecule has 1 fully saturated rings. The fraction of sp³-hybridized carbons (Fsp3) is 0.550. The van der Waals surface area contributed by atoms with Crippen LogP contribution in [0.2, 0.25) is 0 Å². The van der Waals surface area contributed by atoms with Gasteiger partial charge >= 0.3 is 0 Å². The average Bonchev–Trinajstić information content (AvgIpc) is 3.21. The Morgan fingerprint density at radius 3 is 2.59 bits per heavy atom. The number of carbonyl (C=O) groups excluding carboxylic acids is 1. The second kappa shape index (κ2) is 12.8. The first-order chi connectivity index (χ1) is 13.2. The molecule has 1 aliphatic heterocycles. The molecule has 3 rings (SSSR count). The maximum Gasteiger partial charge on any atom is 0.273 e. The summed E-state index contributed by atoms with van der Waals surface area (Å²) in [5.41, 5.74) is 2.74. The number of benzene rings is 1. The number of hydrogen-bond acceptors (Lipinski definition) is 5. The van der Waals surface area contributed by atoms with Crippen LogP contribution in [0.1, 0.15) is 54.3 Å². The van der Waals surface area contributed by atoms with Gasteiger partial charge in [-0.25, -0.2) is 4.68 Å². The Morgan fingerprint density at radius 1 is 1.21 bits per heavy atom. The molecular weight excluding hydrogens is 411 g/mol. The molecule has 1 aromatic carbocycles. The van der Waals surface area contributed by atoms with E-state index in [0.717, 1.165) is 51.1 Å². The summed E-state index contributed by atoms with van der Waals surface area (Å²) in [5, 5.41) is 14.5. The van der Waals surface area contributed by atoms with Gasteiger partial charge in [0.1, 0.15) is 0 Å². The van der Waals surface area contributed by atoms with Gasteiger partial charge < -0.3 is 10.6 Å². The summed E-state index contributed by atoms with van der Waals surface area (Å²) in [6.07, 6.45) is 3.80. The largest absolute Gasteiger partial charge is 0.347 e. The standard InChI is InChI=1S/C20H30N6O.2ClH/c1-3-25(4-2)14-17-7-5-6-16(12-17)13-22-20(27)19-15-26(24-23-19)18-8-10-21-11-9-18;;/h5-7,12,15,18,21H,3-4,8-11,13-14H2,1-2H3,(H,22,27);2*1H. The van der Waals surface area contributed by atoms with Crippen molar-refractivity contribution < 1.29 is 4.79 Å². The molecule has 29 heavy (non-hydrogen) atoms. The Bertz CT molecular complexity index is 744. The lowest BCUT2D eigenvalue weighted by Crippen LogP contribution is -2.29. The maximum absolute atomic E-state index is 12.4. The van der Waals surface area contributed by atoms with Crippen molar-refractivity contribution in [1.82, 2.24) is 30.5 Å². The highest BCUT2D eigenvalue weighted by molar-refractivity contribution is 5.91. The summed E-state index contributed by atoms with van der Waals surface area (Å²) in [6.45, 7) is 9.79. The molecule has 2 N–H and O–H groups in total. The number of rotatable bonds is 8. The molecule has 7 nitrogen and oxygen atoms in total. The molecule has 1 saturated heterocycles. The minimum Gasteiger partial charge on any atom is -0.347 e. The van der Waals surface area contributed by atoms with Crippen LogP contribution >= 0.6 is 24.8 Å². The quantitative estimate of drug-likeness (QED) is 0.657. The third kappa shape index (κ3) is 7.26. The molecule has 0 unspecified atom stereocenters. The number of aromatic nitrogens is 3. The number of nitrogens with zero attached hydrogens (tertiary/aromatic N) is 4. The zero-order chi connectivity index (χ0) is 19.1. The van der Waals surface area contributed by atoms with Gasteiger partial charge in [0.05, 0.1) is 12.2 Å². The van der Waals surface area contributed by atoms with E-state index in [0.29, 0.717) is 18.3 Å². The normalized spacial score (nSPS) is 14.2. The third-order valence-corrected chi connectivity index (χ3v) is 5.17. The Hall–Kier alpha value is -1.67. The van der Waals surface area contributed by atoms with Crippen molar-refractivity contribution in [2.24, 2.45) is 0 Å². The average molecular weight is 443 g/mol. The van der Waals surface area contributed by atoms with Crippen LogP contribution < -0.4 is 10.6 Å². The Kier molecular flexibility index (Phi) is 11.2. The highest BCUT2D eigenvalue weighted by Crippen LogP contribution is 2.17. The van der Waals surface area contributed by atoms with Gasteiger partial charge in [0.15, 0.2) is 5.69 Å². The number of nitrogens with one attached hydrogen (secondary N) is 2. The summed E-state index contributed by atoms with van der Waals surface area (Å²) >= 11 is 0. The van der Waals surface area contributed by atoms with Crippen molar-refractivity contribution in [3.63, 3.8) is 0 Å². The first-order valence-corrected chi connectivity index (χ1v) is 9.90. The zero-order valence-corrected chi connectivity index (χ0v) is 18.8. The highest BCUT2D eigenvalue weighted by atomic mass is 35.5. The number of hydrogen-bond donors (Lipinski definition) is 2. The van der Waals surface area contributed by atoms with E-state index in [2.05, 4.69) is 51.8 Å². The van der Waals surface area contributed by atoms with Crippen LogP contribution in [0, 0.1) is 0 Å². The van der Waals surface area contributed by atoms with E-state index in [1.807, 2.05) is 16.8 Å². The van der Waals surface area contributed by atoms with Crippen LogP contribution in [0.5, 0.6) is 0 Å². The molecule has 0 saturated carbocycles. The molecule has 2 heterocycles. The van der Waals surface area contributed by atoms with Gasteiger partial charge in [0, 0.05) is 13.1 Å². The lowest BCUT2D eigenvalue weighted by atomic mass is 10.1. The van der Waals surface area contributed by atoms with E-state index in [1.54, 1.807) is 6.20 Å². The molecule has 0 spiro atoms. The van der Waals surface area contributed by atoms with Crippen LogP contribution in [0.15, 0.2) is 30.5 Å². The molecule has 2 aromatic rings. The van der Waals surface area contributed by atoms with Crippen molar-refractivity contribution in [2.45, 2.75) is 45.8 Å². The molecular formula is C20H32Cl2N6O. The SMILES string of the molecule is CCN(CC)Cc1cccc(CNC(=O)c2cn(C3CCNCC3)nn2)c1.Cl.Cl. The first-order valence-electron chi connectivity index (χ1n) is 9.90. The fourth-order valence-corrected chi connectivity index (χ4v) is 3.45. The van der Waals surface area contributed by atoms with Gasteiger partial charge in [0.25, 0.3) is 5.91 Å². The van der Waals surface area contributed by atoms with E-state index < -0.39 is 0 Å². The van der Waals surface area contributed by atoms with E-state index in [4.69, 9.17) is 0 Å². The van der Waals surface area contributed by atoms with Gasteiger partial charge in [0.2, 0.25) is 0 Å². The molecule has 0 radical (unpaired) electrons. The summed E-state index contributed by atoms with van der Waals surface area (Å²) < 4.78 is 1.83. The van der Waals surface area contributed by atoms with Crippen molar-refractivity contribution in [3.05, 3.63) is 47.3 Å². The summed E-state index contributed by atoms with van der Waals surface area (Å²) in [4.78, 5) is 14.8. The zero-order valence-electron chi connectivity index (χ0n) is 17.1. The molecule has 1 amide bonds. The topological polar surface area (TPSA) is 75.1 Å². The van der Waals surface area contributed by atoms with E-state index in [9.17, 15) is 4.79 Å². The molecule has 9 heteroatoms. The highest BCUT2D eigenvalue weighted by Gasteiger charge is 2.18.